The van der Waals surface area contributed by atoms with E-state index in [9.17, 15) is 13.2 Å². The molecule has 1 aliphatic rings. The Morgan fingerprint density at radius 1 is 1.14 bits per heavy atom. The summed E-state index contributed by atoms with van der Waals surface area (Å²) in [7, 11) is -3.50. The molecule has 2 aromatic rings. The summed E-state index contributed by atoms with van der Waals surface area (Å²) >= 11 is 0. The molecule has 1 fully saturated rings. The van der Waals surface area contributed by atoms with Crippen LogP contribution in [0.4, 0.5) is 0 Å². The Hall–Kier alpha value is -2.49. The van der Waals surface area contributed by atoms with Gasteiger partial charge in [0, 0.05) is 26.2 Å². The lowest BCUT2D eigenvalue weighted by Gasteiger charge is -2.33. The summed E-state index contributed by atoms with van der Waals surface area (Å²) in [4.78, 5) is 14.3. The van der Waals surface area contributed by atoms with E-state index in [1.165, 1.54) is 4.31 Å². The van der Waals surface area contributed by atoms with Gasteiger partial charge in [0.1, 0.15) is 11.5 Å². The summed E-state index contributed by atoms with van der Waals surface area (Å²) in [6.45, 7) is 5.48. The Morgan fingerprint density at radius 2 is 1.82 bits per heavy atom. The average Bonchev–Trinajstić information content (AvgIpc) is 3.22. The molecule has 1 aliphatic heterocycles. The Balaban J connectivity index is 1.50. The fourth-order valence-corrected chi connectivity index (χ4v) is 4.33. The second-order valence-corrected chi connectivity index (χ2v) is 8.64. The molecule has 1 saturated heterocycles. The van der Waals surface area contributed by atoms with Crippen LogP contribution < -0.4 is 5.43 Å². The van der Waals surface area contributed by atoms with E-state index in [2.05, 4.69) is 10.5 Å². The average molecular weight is 404 g/mol. The summed E-state index contributed by atoms with van der Waals surface area (Å²) in [6, 6.07) is 10.4. The van der Waals surface area contributed by atoms with Crippen LogP contribution >= 0.6 is 0 Å². The van der Waals surface area contributed by atoms with Gasteiger partial charge < -0.3 is 4.42 Å². The standard InChI is InChI=1S/C19H24N4O4S/c1-15-5-7-17(8-6-15)28(25,26)23-11-9-22(10-12-23)14-19(24)21-20-16(2)18-4-3-13-27-18/h3-8,13H,9-12,14H2,1-2H3,(H,21,24)/b20-16+. The van der Waals surface area contributed by atoms with Gasteiger partial charge in [-0.25, -0.2) is 13.8 Å². The summed E-state index contributed by atoms with van der Waals surface area (Å²) in [5.74, 6) is 0.343. The van der Waals surface area contributed by atoms with Crippen molar-refractivity contribution in [2.75, 3.05) is 32.7 Å². The monoisotopic (exact) mass is 404 g/mol. The minimum Gasteiger partial charge on any atom is -0.463 e. The Kier molecular flexibility index (Phi) is 6.28. The van der Waals surface area contributed by atoms with Crippen LogP contribution in [-0.2, 0) is 14.8 Å². The fraction of sp³-hybridized carbons (Fsp3) is 0.368. The largest absolute Gasteiger partial charge is 0.463 e. The van der Waals surface area contributed by atoms with Crippen molar-refractivity contribution in [1.29, 1.82) is 0 Å². The first-order valence-electron chi connectivity index (χ1n) is 9.02. The van der Waals surface area contributed by atoms with Gasteiger partial charge >= 0.3 is 0 Å². The van der Waals surface area contributed by atoms with Crippen LogP contribution in [0.1, 0.15) is 18.2 Å². The summed E-state index contributed by atoms with van der Waals surface area (Å²) in [6.07, 6.45) is 1.54. The van der Waals surface area contributed by atoms with Crippen LogP contribution in [0.5, 0.6) is 0 Å². The van der Waals surface area contributed by atoms with E-state index in [1.807, 2.05) is 11.8 Å². The van der Waals surface area contributed by atoms with Gasteiger partial charge in [-0.05, 0) is 38.1 Å². The quantitative estimate of drug-likeness (QED) is 0.581. The third-order valence-corrected chi connectivity index (χ3v) is 6.50. The van der Waals surface area contributed by atoms with E-state index in [4.69, 9.17) is 4.42 Å². The van der Waals surface area contributed by atoms with Gasteiger partial charge in [0.2, 0.25) is 10.0 Å². The lowest BCUT2D eigenvalue weighted by atomic mass is 10.2. The molecular weight excluding hydrogens is 380 g/mol. The van der Waals surface area contributed by atoms with Gasteiger partial charge in [-0.2, -0.15) is 9.41 Å². The number of sulfonamides is 1. The highest BCUT2D eigenvalue weighted by atomic mass is 32.2. The Bertz CT molecular complexity index is 929. The first kappa shape index (κ1) is 20.2. The number of carbonyl (C=O) groups excluding carboxylic acids is 1. The molecule has 0 radical (unpaired) electrons. The summed E-state index contributed by atoms with van der Waals surface area (Å²) in [5, 5.41) is 4.02. The zero-order chi connectivity index (χ0) is 20.1. The van der Waals surface area contributed by atoms with Crippen molar-refractivity contribution < 1.29 is 17.6 Å². The van der Waals surface area contributed by atoms with E-state index in [-0.39, 0.29) is 12.5 Å². The van der Waals surface area contributed by atoms with Crippen LogP contribution in [0, 0.1) is 6.92 Å². The maximum atomic E-state index is 12.7. The molecule has 9 heteroatoms. The summed E-state index contributed by atoms with van der Waals surface area (Å²) in [5.41, 5.74) is 4.10. The molecule has 3 rings (SSSR count). The molecule has 2 heterocycles. The molecule has 0 spiro atoms. The van der Waals surface area contributed by atoms with Gasteiger partial charge in [0.25, 0.3) is 5.91 Å². The van der Waals surface area contributed by atoms with Gasteiger partial charge in [0.15, 0.2) is 0 Å². The highest BCUT2D eigenvalue weighted by Crippen LogP contribution is 2.18. The van der Waals surface area contributed by atoms with Gasteiger partial charge in [0.05, 0.1) is 17.7 Å². The number of rotatable bonds is 6. The number of piperazine rings is 1. The second-order valence-electron chi connectivity index (χ2n) is 6.70. The van der Waals surface area contributed by atoms with Crippen molar-refractivity contribution in [3.8, 4) is 0 Å². The zero-order valence-corrected chi connectivity index (χ0v) is 16.8. The SMILES string of the molecule is C/C(=N\NC(=O)CN1CCN(S(=O)(=O)c2ccc(C)cc2)CC1)c1ccco1. The molecule has 0 atom stereocenters. The maximum Gasteiger partial charge on any atom is 0.254 e. The second kappa shape index (κ2) is 8.68. The topological polar surface area (TPSA) is 95.2 Å². The minimum absolute atomic E-state index is 0.160. The molecule has 0 bridgehead atoms. The number of furan rings is 1. The molecule has 1 N–H and O–H groups in total. The minimum atomic E-state index is -3.50. The number of hydrogen-bond acceptors (Lipinski definition) is 6. The van der Waals surface area contributed by atoms with Crippen LogP contribution in [0.15, 0.2) is 57.1 Å². The molecule has 8 nitrogen and oxygen atoms in total. The predicted molar refractivity (Wildman–Crippen MR) is 105 cm³/mol. The van der Waals surface area contributed by atoms with Crippen LogP contribution in [-0.4, -0.2) is 62.0 Å². The molecule has 0 aliphatic carbocycles. The van der Waals surface area contributed by atoms with E-state index >= 15 is 0 Å². The van der Waals surface area contributed by atoms with Crippen LogP contribution in [0.25, 0.3) is 0 Å². The predicted octanol–water partition coefficient (Wildman–Crippen LogP) is 1.43. The van der Waals surface area contributed by atoms with E-state index in [1.54, 1.807) is 49.6 Å². The number of nitrogens with one attached hydrogen (secondary N) is 1. The number of hydrogen-bond donors (Lipinski definition) is 1. The Morgan fingerprint density at radius 3 is 2.43 bits per heavy atom. The van der Waals surface area contributed by atoms with Crippen molar-refractivity contribution >= 4 is 21.6 Å². The highest BCUT2D eigenvalue weighted by molar-refractivity contribution is 7.89. The number of benzene rings is 1. The molecule has 28 heavy (non-hydrogen) atoms. The number of aryl methyl sites for hydroxylation is 1. The smallest absolute Gasteiger partial charge is 0.254 e. The molecule has 1 amide bonds. The molecular formula is C19H24N4O4S. The van der Waals surface area contributed by atoms with Crippen molar-refractivity contribution in [3.05, 3.63) is 54.0 Å². The highest BCUT2D eigenvalue weighted by Gasteiger charge is 2.28. The molecule has 0 saturated carbocycles. The van der Waals surface area contributed by atoms with Crippen molar-refractivity contribution in [3.63, 3.8) is 0 Å². The number of nitrogens with zero attached hydrogens (tertiary/aromatic N) is 3. The van der Waals surface area contributed by atoms with E-state index in [0.717, 1.165) is 5.56 Å². The van der Waals surface area contributed by atoms with Crippen LogP contribution in [0.3, 0.4) is 0 Å². The first-order valence-corrected chi connectivity index (χ1v) is 10.5. The van der Waals surface area contributed by atoms with Gasteiger partial charge in [-0.15, -0.1) is 0 Å². The molecule has 1 aromatic heterocycles. The van der Waals surface area contributed by atoms with E-state index < -0.39 is 10.0 Å². The third kappa shape index (κ3) is 4.86. The number of amides is 1. The Labute approximate surface area is 164 Å². The van der Waals surface area contributed by atoms with Gasteiger partial charge in [-0.1, -0.05) is 17.7 Å². The maximum absolute atomic E-state index is 12.7. The molecule has 150 valence electrons. The fourth-order valence-electron chi connectivity index (χ4n) is 2.91. The van der Waals surface area contributed by atoms with Crippen molar-refractivity contribution in [2.45, 2.75) is 18.7 Å². The van der Waals surface area contributed by atoms with Crippen LogP contribution in [0.2, 0.25) is 0 Å². The lowest BCUT2D eigenvalue weighted by Crippen LogP contribution is -2.50. The molecule has 1 aromatic carbocycles. The third-order valence-electron chi connectivity index (χ3n) is 4.58. The zero-order valence-electron chi connectivity index (χ0n) is 16.0. The normalized spacial score (nSPS) is 16.9. The molecule has 0 unspecified atom stereocenters. The lowest BCUT2D eigenvalue weighted by molar-refractivity contribution is -0.122. The van der Waals surface area contributed by atoms with Crippen molar-refractivity contribution in [1.82, 2.24) is 14.6 Å². The number of carbonyl (C=O) groups is 1. The summed E-state index contributed by atoms with van der Waals surface area (Å²) < 4.78 is 32.1. The van der Waals surface area contributed by atoms with E-state index in [0.29, 0.717) is 42.5 Å². The van der Waals surface area contributed by atoms with Gasteiger partial charge in [-0.3, -0.25) is 9.69 Å². The number of hydrazone groups is 1. The first-order chi connectivity index (χ1) is 13.4. The van der Waals surface area contributed by atoms with Crippen molar-refractivity contribution in [2.24, 2.45) is 5.10 Å².